The summed E-state index contributed by atoms with van der Waals surface area (Å²) in [4.78, 5) is 16.1. The fraction of sp³-hybridized carbons (Fsp3) is 0.389. The molecule has 2 aliphatic rings. The molecule has 5 rings (SSSR count). The Morgan fingerprint density at radius 1 is 1.04 bits per heavy atom. The lowest BCUT2D eigenvalue weighted by atomic mass is 10.1. The van der Waals surface area contributed by atoms with Crippen LogP contribution in [0.1, 0.15) is 36.3 Å². The molecule has 1 aliphatic heterocycles. The molecule has 5 heteroatoms. The maximum absolute atomic E-state index is 4.90. The van der Waals surface area contributed by atoms with Gasteiger partial charge in [0, 0.05) is 30.9 Å². The van der Waals surface area contributed by atoms with E-state index in [1.54, 1.807) is 0 Å². The van der Waals surface area contributed by atoms with Crippen LogP contribution < -0.4 is 4.90 Å². The van der Waals surface area contributed by atoms with E-state index in [0.29, 0.717) is 12.0 Å². The first-order valence-electron chi connectivity index (χ1n) is 8.31. The molecule has 0 spiro atoms. The van der Waals surface area contributed by atoms with Crippen molar-refractivity contribution in [3.8, 4) is 0 Å². The highest BCUT2D eigenvalue weighted by Gasteiger charge is 2.37. The van der Waals surface area contributed by atoms with Crippen LogP contribution in [0.25, 0.3) is 11.0 Å². The summed E-state index contributed by atoms with van der Waals surface area (Å²) in [5, 5.41) is 0. The van der Waals surface area contributed by atoms with Crippen LogP contribution in [0.4, 0.5) is 5.95 Å². The number of fused-ring (bicyclic) bond motifs is 1. The molecule has 3 aromatic rings. The zero-order valence-corrected chi connectivity index (χ0v) is 13.2. The number of para-hydroxylation sites is 2. The van der Waals surface area contributed by atoms with Gasteiger partial charge in [-0.3, -0.25) is 0 Å². The lowest BCUT2D eigenvalue weighted by Crippen LogP contribution is -2.49. The van der Waals surface area contributed by atoms with E-state index in [4.69, 9.17) is 4.98 Å². The van der Waals surface area contributed by atoms with E-state index >= 15 is 0 Å². The third kappa shape index (κ3) is 2.11. The van der Waals surface area contributed by atoms with E-state index in [2.05, 4.69) is 43.7 Å². The number of hydrogen-bond donors (Lipinski definition) is 0. The minimum Gasteiger partial charge on any atom is -0.337 e. The third-order valence-electron chi connectivity index (χ3n) is 4.86. The van der Waals surface area contributed by atoms with E-state index in [1.807, 2.05) is 19.2 Å². The fourth-order valence-corrected chi connectivity index (χ4v) is 3.45. The van der Waals surface area contributed by atoms with Gasteiger partial charge in [-0.15, -0.1) is 0 Å². The van der Waals surface area contributed by atoms with Crippen LogP contribution in [-0.2, 0) is 0 Å². The predicted octanol–water partition coefficient (Wildman–Crippen LogP) is 3.07. The maximum Gasteiger partial charge on any atom is 0.225 e. The second-order valence-electron chi connectivity index (χ2n) is 6.66. The first-order valence-corrected chi connectivity index (χ1v) is 8.31. The van der Waals surface area contributed by atoms with Crippen molar-refractivity contribution in [2.45, 2.75) is 31.7 Å². The maximum atomic E-state index is 4.90. The first kappa shape index (κ1) is 13.0. The largest absolute Gasteiger partial charge is 0.337 e. The lowest BCUT2D eigenvalue weighted by Gasteiger charge is -2.40. The molecule has 5 nitrogen and oxygen atoms in total. The summed E-state index contributed by atoms with van der Waals surface area (Å²) in [6, 6.07) is 10.9. The van der Waals surface area contributed by atoms with Crippen molar-refractivity contribution in [3.63, 3.8) is 0 Å². The molecule has 0 atom stereocenters. The van der Waals surface area contributed by atoms with Gasteiger partial charge in [-0.05, 0) is 38.0 Å². The Labute approximate surface area is 135 Å². The Bertz CT molecular complexity index is 874. The van der Waals surface area contributed by atoms with Gasteiger partial charge in [-0.2, -0.15) is 0 Å². The standard InChI is InChI=1S/C18H19N5/c1-12-8-9-19-18(20-12)22-10-14(11-22)23-16-5-3-2-4-15(16)21-17(23)13-6-7-13/h2-5,8-9,13-14H,6-7,10-11H2,1H3. The average Bonchev–Trinajstić information content (AvgIpc) is 3.29. The smallest absolute Gasteiger partial charge is 0.225 e. The Kier molecular flexibility index (Phi) is 2.71. The minimum absolute atomic E-state index is 0.474. The zero-order chi connectivity index (χ0) is 15.4. The number of anilines is 1. The molecule has 3 heterocycles. The van der Waals surface area contributed by atoms with Crippen LogP contribution in [-0.4, -0.2) is 32.6 Å². The number of nitrogens with zero attached hydrogens (tertiary/aromatic N) is 5. The van der Waals surface area contributed by atoms with Crippen molar-refractivity contribution in [3.05, 3.63) is 48.0 Å². The van der Waals surface area contributed by atoms with Crippen LogP contribution in [0, 0.1) is 6.92 Å². The molecule has 2 aromatic heterocycles. The van der Waals surface area contributed by atoms with Crippen molar-refractivity contribution in [2.75, 3.05) is 18.0 Å². The van der Waals surface area contributed by atoms with Gasteiger partial charge in [0.25, 0.3) is 0 Å². The van der Waals surface area contributed by atoms with Crippen molar-refractivity contribution in [2.24, 2.45) is 0 Å². The highest BCUT2D eigenvalue weighted by atomic mass is 15.3. The molecule has 0 amide bonds. The summed E-state index contributed by atoms with van der Waals surface area (Å²) in [5.41, 5.74) is 3.41. The van der Waals surface area contributed by atoms with Crippen LogP contribution in [0.5, 0.6) is 0 Å². The van der Waals surface area contributed by atoms with E-state index < -0.39 is 0 Å². The summed E-state index contributed by atoms with van der Waals surface area (Å²) >= 11 is 0. The Morgan fingerprint density at radius 3 is 2.65 bits per heavy atom. The Morgan fingerprint density at radius 2 is 1.87 bits per heavy atom. The average molecular weight is 305 g/mol. The molecule has 1 saturated carbocycles. The molecule has 2 fully saturated rings. The Balaban J connectivity index is 1.47. The molecular weight excluding hydrogens is 286 g/mol. The summed E-state index contributed by atoms with van der Waals surface area (Å²) < 4.78 is 2.47. The van der Waals surface area contributed by atoms with Crippen molar-refractivity contribution < 1.29 is 0 Å². The van der Waals surface area contributed by atoms with Gasteiger partial charge < -0.3 is 9.47 Å². The quantitative estimate of drug-likeness (QED) is 0.746. The molecular formula is C18H19N5. The van der Waals surface area contributed by atoms with Gasteiger partial charge in [0.1, 0.15) is 5.82 Å². The third-order valence-corrected chi connectivity index (χ3v) is 4.86. The molecule has 1 aliphatic carbocycles. The summed E-state index contributed by atoms with van der Waals surface area (Å²) in [6.07, 6.45) is 4.40. The molecule has 0 radical (unpaired) electrons. The van der Waals surface area contributed by atoms with Gasteiger partial charge in [-0.1, -0.05) is 12.1 Å². The van der Waals surface area contributed by atoms with Crippen LogP contribution in [0.15, 0.2) is 36.5 Å². The molecule has 1 aromatic carbocycles. The van der Waals surface area contributed by atoms with Gasteiger partial charge in [0.05, 0.1) is 17.1 Å². The molecule has 0 unspecified atom stereocenters. The van der Waals surface area contributed by atoms with E-state index in [-0.39, 0.29) is 0 Å². The first-order chi connectivity index (χ1) is 11.3. The number of rotatable bonds is 3. The number of aromatic nitrogens is 4. The van der Waals surface area contributed by atoms with Crippen molar-refractivity contribution >= 4 is 17.0 Å². The SMILES string of the molecule is Cc1ccnc(N2CC(n3c(C4CC4)nc4ccccc43)C2)n1. The molecule has 0 bridgehead atoms. The number of aryl methyl sites for hydroxylation is 1. The van der Waals surface area contributed by atoms with Crippen molar-refractivity contribution in [1.29, 1.82) is 0 Å². The van der Waals surface area contributed by atoms with Gasteiger partial charge >= 0.3 is 0 Å². The normalized spacial score (nSPS) is 18.4. The van der Waals surface area contributed by atoms with Crippen LogP contribution >= 0.6 is 0 Å². The summed E-state index contributed by atoms with van der Waals surface area (Å²) in [5.74, 6) is 2.78. The van der Waals surface area contributed by atoms with E-state index in [1.165, 1.54) is 24.2 Å². The van der Waals surface area contributed by atoms with E-state index in [0.717, 1.165) is 30.2 Å². The fourth-order valence-electron chi connectivity index (χ4n) is 3.45. The van der Waals surface area contributed by atoms with E-state index in [9.17, 15) is 0 Å². The number of benzene rings is 1. The molecule has 0 N–H and O–H groups in total. The molecule has 1 saturated heterocycles. The number of hydrogen-bond acceptors (Lipinski definition) is 4. The second-order valence-corrected chi connectivity index (χ2v) is 6.66. The molecule has 116 valence electrons. The van der Waals surface area contributed by atoms with Gasteiger partial charge in [0.2, 0.25) is 5.95 Å². The van der Waals surface area contributed by atoms with Gasteiger partial charge in [-0.25, -0.2) is 15.0 Å². The summed E-state index contributed by atoms with van der Waals surface area (Å²) in [7, 11) is 0. The second kappa shape index (κ2) is 4.78. The van der Waals surface area contributed by atoms with Crippen molar-refractivity contribution in [1.82, 2.24) is 19.5 Å². The van der Waals surface area contributed by atoms with Gasteiger partial charge in [0.15, 0.2) is 0 Å². The molecule has 23 heavy (non-hydrogen) atoms. The topological polar surface area (TPSA) is 46.8 Å². The zero-order valence-electron chi connectivity index (χ0n) is 13.2. The monoisotopic (exact) mass is 305 g/mol. The van der Waals surface area contributed by atoms with Crippen LogP contribution in [0.3, 0.4) is 0 Å². The lowest BCUT2D eigenvalue weighted by molar-refractivity contribution is 0.392. The minimum atomic E-state index is 0.474. The highest BCUT2D eigenvalue weighted by molar-refractivity contribution is 5.76. The highest BCUT2D eigenvalue weighted by Crippen LogP contribution is 2.43. The van der Waals surface area contributed by atoms with Crippen LogP contribution in [0.2, 0.25) is 0 Å². The summed E-state index contributed by atoms with van der Waals surface area (Å²) in [6.45, 7) is 3.93. The number of imidazole rings is 1. The predicted molar refractivity (Wildman–Crippen MR) is 89.7 cm³/mol. The Hall–Kier alpha value is -2.43.